The third kappa shape index (κ3) is 3.32. The zero-order chi connectivity index (χ0) is 13.8. The first-order chi connectivity index (χ1) is 9.04. The van der Waals surface area contributed by atoms with E-state index < -0.39 is 17.8 Å². The van der Waals surface area contributed by atoms with Gasteiger partial charge in [0.25, 0.3) is 11.8 Å². The summed E-state index contributed by atoms with van der Waals surface area (Å²) in [6.45, 7) is -0.196. The Kier molecular flexibility index (Phi) is 3.46. The van der Waals surface area contributed by atoms with Crippen LogP contribution in [0.3, 0.4) is 0 Å². The SMILES string of the molecule is NC(=O)COc1ccc(C=C2NC(=O)NC2=O)cc1. The number of hydrogen-bond acceptors (Lipinski definition) is 4. The van der Waals surface area contributed by atoms with Crippen molar-refractivity contribution >= 4 is 23.9 Å². The molecule has 0 aromatic heterocycles. The van der Waals surface area contributed by atoms with Crippen LogP contribution < -0.4 is 21.1 Å². The van der Waals surface area contributed by atoms with Gasteiger partial charge in [-0.05, 0) is 23.8 Å². The molecule has 0 aliphatic carbocycles. The average molecular weight is 261 g/mol. The van der Waals surface area contributed by atoms with E-state index in [2.05, 4.69) is 10.6 Å². The molecule has 2 rings (SSSR count). The number of ether oxygens (including phenoxy) is 1. The van der Waals surface area contributed by atoms with Gasteiger partial charge in [-0.2, -0.15) is 0 Å². The van der Waals surface area contributed by atoms with Crippen LogP contribution in [0.4, 0.5) is 4.79 Å². The van der Waals surface area contributed by atoms with E-state index in [1.807, 2.05) is 0 Å². The van der Waals surface area contributed by atoms with Crippen LogP contribution in [0.1, 0.15) is 5.56 Å². The van der Waals surface area contributed by atoms with Gasteiger partial charge in [0.15, 0.2) is 6.61 Å². The summed E-state index contributed by atoms with van der Waals surface area (Å²) in [5, 5.41) is 4.47. The molecule has 0 saturated carbocycles. The van der Waals surface area contributed by atoms with E-state index in [9.17, 15) is 14.4 Å². The second-order valence-electron chi connectivity index (χ2n) is 3.79. The van der Waals surface area contributed by atoms with Gasteiger partial charge < -0.3 is 15.8 Å². The molecule has 1 fully saturated rings. The van der Waals surface area contributed by atoms with Crippen molar-refractivity contribution in [3.63, 3.8) is 0 Å². The second kappa shape index (κ2) is 5.21. The predicted octanol–water partition coefficient (Wildman–Crippen LogP) is -0.269. The van der Waals surface area contributed by atoms with Gasteiger partial charge in [-0.15, -0.1) is 0 Å². The third-order valence-corrected chi connectivity index (χ3v) is 2.29. The van der Waals surface area contributed by atoms with Crippen molar-refractivity contribution in [2.75, 3.05) is 6.61 Å². The minimum absolute atomic E-state index is 0.177. The van der Waals surface area contributed by atoms with E-state index in [4.69, 9.17) is 10.5 Å². The number of nitrogens with two attached hydrogens (primary N) is 1. The van der Waals surface area contributed by atoms with Gasteiger partial charge in [-0.1, -0.05) is 12.1 Å². The number of amides is 4. The van der Waals surface area contributed by atoms with E-state index in [0.717, 1.165) is 0 Å². The van der Waals surface area contributed by atoms with Gasteiger partial charge in [0, 0.05) is 0 Å². The fourth-order valence-electron chi connectivity index (χ4n) is 1.46. The Morgan fingerprint density at radius 1 is 1.21 bits per heavy atom. The Morgan fingerprint density at radius 3 is 2.42 bits per heavy atom. The van der Waals surface area contributed by atoms with Gasteiger partial charge in [0.1, 0.15) is 11.4 Å². The number of hydrogen-bond donors (Lipinski definition) is 3. The van der Waals surface area contributed by atoms with E-state index in [0.29, 0.717) is 11.3 Å². The van der Waals surface area contributed by atoms with Crippen LogP contribution in [0.25, 0.3) is 6.08 Å². The number of rotatable bonds is 4. The number of carbonyl (C=O) groups excluding carboxylic acids is 3. The molecule has 1 aliphatic rings. The van der Waals surface area contributed by atoms with E-state index >= 15 is 0 Å². The molecule has 4 amide bonds. The van der Waals surface area contributed by atoms with Crippen molar-refractivity contribution in [1.82, 2.24) is 10.6 Å². The minimum Gasteiger partial charge on any atom is -0.484 e. The minimum atomic E-state index is -0.559. The molecule has 19 heavy (non-hydrogen) atoms. The maximum atomic E-state index is 11.3. The van der Waals surface area contributed by atoms with Crippen molar-refractivity contribution in [3.05, 3.63) is 35.5 Å². The number of primary amides is 1. The summed E-state index contributed by atoms with van der Waals surface area (Å²) in [5.41, 5.74) is 5.83. The zero-order valence-corrected chi connectivity index (χ0v) is 9.80. The first-order valence-electron chi connectivity index (χ1n) is 5.40. The molecule has 0 unspecified atom stereocenters. The van der Waals surface area contributed by atoms with Crippen molar-refractivity contribution < 1.29 is 19.1 Å². The highest BCUT2D eigenvalue weighted by atomic mass is 16.5. The van der Waals surface area contributed by atoms with Crippen LogP contribution in [0.2, 0.25) is 0 Å². The van der Waals surface area contributed by atoms with Crippen LogP contribution >= 0.6 is 0 Å². The summed E-state index contributed by atoms with van der Waals surface area (Å²) < 4.78 is 5.09. The molecule has 1 aliphatic heterocycles. The molecule has 98 valence electrons. The highest BCUT2D eigenvalue weighted by molar-refractivity contribution is 6.13. The first kappa shape index (κ1) is 12.6. The predicted molar refractivity (Wildman–Crippen MR) is 65.8 cm³/mol. The molecular weight excluding hydrogens is 250 g/mol. The quantitative estimate of drug-likeness (QED) is 0.511. The summed E-state index contributed by atoms with van der Waals surface area (Å²) in [4.78, 5) is 32.7. The monoisotopic (exact) mass is 261 g/mol. The highest BCUT2D eigenvalue weighted by Gasteiger charge is 2.22. The number of carbonyl (C=O) groups is 3. The first-order valence-corrected chi connectivity index (χ1v) is 5.40. The van der Waals surface area contributed by atoms with E-state index in [1.54, 1.807) is 24.3 Å². The molecule has 1 heterocycles. The van der Waals surface area contributed by atoms with Gasteiger partial charge >= 0.3 is 6.03 Å². The van der Waals surface area contributed by atoms with Crippen molar-refractivity contribution in [3.8, 4) is 5.75 Å². The lowest BCUT2D eigenvalue weighted by Gasteiger charge is -2.03. The Balaban J connectivity index is 2.06. The van der Waals surface area contributed by atoms with E-state index in [-0.39, 0.29) is 12.3 Å². The van der Waals surface area contributed by atoms with Crippen molar-refractivity contribution in [2.24, 2.45) is 5.73 Å². The summed E-state index contributed by atoms with van der Waals surface area (Å²) >= 11 is 0. The Bertz CT molecular complexity index is 563. The van der Waals surface area contributed by atoms with Gasteiger partial charge in [-0.25, -0.2) is 4.79 Å². The second-order valence-corrected chi connectivity index (χ2v) is 3.79. The molecule has 0 bridgehead atoms. The Hall–Kier alpha value is -2.83. The molecule has 7 heteroatoms. The number of urea groups is 1. The lowest BCUT2D eigenvalue weighted by molar-refractivity contribution is -0.120. The van der Waals surface area contributed by atoms with Crippen LogP contribution in [-0.2, 0) is 9.59 Å². The molecule has 0 spiro atoms. The Labute approximate surface area is 108 Å². The molecule has 1 aromatic rings. The largest absolute Gasteiger partial charge is 0.484 e. The summed E-state index contributed by atoms with van der Waals surface area (Å²) in [5.74, 6) is -0.545. The Morgan fingerprint density at radius 2 is 1.89 bits per heavy atom. The zero-order valence-electron chi connectivity index (χ0n) is 9.80. The maximum absolute atomic E-state index is 11.3. The number of imide groups is 1. The van der Waals surface area contributed by atoms with Crippen LogP contribution in [0, 0.1) is 0 Å². The standard InChI is InChI=1S/C12H11N3O4/c13-10(16)6-19-8-3-1-7(2-4-8)5-9-11(17)15-12(18)14-9/h1-5H,6H2,(H2,13,16)(H2,14,15,17,18). The third-order valence-electron chi connectivity index (χ3n) is 2.29. The fraction of sp³-hybridized carbons (Fsp3) is 0.0833. The van der Waals surface area contributed by atoms with E-state index in [1.165, 1.54) is 6.08 Å². The summed E-state index contributed by atoms with van der Waals surface area (Å²) in [7, 11) is 0. The average Bonchev–Trinajstić information content (AvgIpc) is 2.67. The molecule has 4 N–H and O–H groups in total. The molecule has 1 saturated heterocycles. The van der Waals surface area contributed by atoms with Crippen LogP contribution in [0.15, 0.2) is 30.0 Å². The molecule has 7 nitrogen and oxygen atoms in total. The highest BCUT2D eigenvalue weighted by Crippen LogP contribution is 2.14. The van der Waals surface area contributed by atoms with Crippen molar-refractivity contribution in [2.45, 2.75) is 0 Å². The van der Waals surface area contributed by atoms with Crippen molar-refractivity contribution in [1.29, 1.82) is 0 Å². The summed E-state index contributed by atoms with van der Waals surface area (Å²) in [6, 6.07) is 6.08. The topological polar surface area (TPSA) is 111 Å². The lowest BCUT2D eigenvalue weighted by Crippen LogP contribution is -2.22. The van der Waals surface area contributed by atoms with Crippen LogP contribution in [-0.4, -0.2) is 24.5 Å². The molecule has 1 aromatic carbocycles. The normalized spacial score (nSPS) is 16.1. The maximum Gasteiger partial charge on any atom is 0.326 e. The molecule has 0 atom stereocenters. The molecular formula is C12H11N3O4. The van der Waals surface area contributed by atoms with Gasteiger partial charge in [0.2, 0.25) is 0 Å². The van der Waals surface area contributed by atoms with Gasteiger partial charge in [0.05, 0.1) is 0 Å². The fourth-order valence-corrected chi connectivity index (χ4v) is 1.46. The van der Waals surface area contributed by atoms with Gasteiger partial charge in [-0.3, -0.25) is 14.9 Å². The van der Waals surface area contributed by atoms with Crippen LogP contribution in [0.5, 0.6) is 5.75 Å². The number of nitrogens with one attached hydrogen (secondary N) is 2. The summed E-state index contributed by atoms with van der Waals surface area (Å²) in [6.07, 6.45) is 1.53. The lowest BCUT2D eigenvalue weighted by atomic mass is 10.2. The molecule has 0 radical (unpaired) electrons. The smallest absolute Gasteiger partial charge is 0.326 e. The number of benzene rings is 1.